The van der Waals surface area contributed by atoms with E-state index >= 15 is 0 Å². The molecule has 0 aromatic carbocycles. The van der Waals surface area contributed by atoms with E-state index in [9.17, 15) is 0 Å². The van der Waals surface area contributed by atoms with E-state index in [4.69, 9.17) is 9.84 Å². The van der Waals surface area contributed by atoms with Crippen molar-refractivity contribution in [1.29, 1.82) is 0 Å². The molecule has 5 heteroatoms. The molecule has 0 aliphatic rings. The molecular weight excluding hydrogens is 278 g/mol. The minimum atomic E-state index is -0.00845. The molecule has 0 aliphatic carbocycles. The fourth-order valence-corrected chi connectivity index (χ4v) is 2.81. The molecule has 0 saturated heterocycles. The third kappa shape index (κ3) is 4.20. The molecule has 0 radical (unpaired) electrons. The maximum atomic E-state index is 9.11. The van der Waals surface area contributed by atoms with Crippen LogP contribution in [0.15, 0.2) is 15.9 Å². The van der Waals surface area contributed by atoms with Gasteiger partial charge in [0.1, 0.15) is 0 Å². The van der Waals surface area contributed by atoms with E-state index < -0.39 is 0 Å². The van der Waals surface area contributed by atoms with Crippen molar-refractivity contribution in [3.05, 3.63) is 20.8 Å². The molecule has 2 atom stereocenters. The summed E-state index contributed by atoms with van der Waals surface area (Å²) in [5, 5.41) is 14.5. The van der Waals surface area contributed by atoms with E-state index in [0.29, 0.717) is 6.61 Å². The molecule has 0 amide bonds. The van der Waals surface area contributed by atoms with Crippen molar-refractivity contribution in [3.63, 3.8) is 0 Å². The summed E-state index contributed by atoms with van der Waals surface area (Å²) in [6, 6.07) is 2.31. The number of aliphatic hydroxyl groups is 1. The van der Waals surface area contributed by atoms with E-state index in [1.54, 1.807) is 18.4 Å². The molecule has 0 saturated carbocycles. The fourth-order valence-electron chi connectivity index (χ4n) is 1.35. The molecule has 0 aliphatic heterocycles. The topological polar surface area (TPSA) is 41.5 Å². The summed E-state index contributed by atoms with van der Waals surface area (Å²) < 4.78 is 6.11. The first-order chi connectivity index (χ1) is 7.17. The molecule has 0 spiro atoms. The zero-order chi connectivity index (χ0) is 11.3. The van der Waals surface area contributed by atoms with Crippen molar-refractivity contribution in [2.75, 3.05) is 20.3 Å². The highest BCUT2D eigenvalue weighted by Crippen LogP contribution is 2.25. The molecule has 0 fully saturated rings. The summed E-state index contributed by atoms with van der Waals surface area (Å²) in [6.07, 6.45) is 0. The Morgan fingerprint density at radius 1 is 1.67 bits per heavy atom. The second kappa shape index (κ2) is 6.60. The van der Waals surface area contributed by atoms with Crippen LogP contribution >= 0.6 is 27.3 Å². The largest absolute Gasteiger partial charge is 0.395 e. The number of thiophene rings is 1. The Morgan fingerprint density at radius 3 is 2.87 bits per heavy atom. The Balaban J connectivity index is 2.50. The zero-order valence-corrected chi connectivity index (χ0v) is 11.3. The number of ether oxygens (including phenoxy) is 1. The average molecular weight is 294 g/mol. The first-order valence-corrected chi connectivity index (χ1v) is 6.44. The number of aliphatic hydroxyl groups excluding tert-OH is 1. The lowest BCUT2D eigenvalue weighted by atomic mass is 10.2. The van der Waals surface area contributed by atoms with Gasteiger partial charge in [0.15, 0.2) is 0 Å². The third-order valence-corrected chi connectivity index (χ3v) is 3.96. The lowest BCUT2D eigenvalue weighted by molar-refractivity contribution is 0.123. The Labute approximate surface area is 103 Å². The minimum absolute atomic E-state index is 0.00845. The molecule has 3 nitrogen and oxygen atoms in total. The summed E-state index contributed by atoms with van der Waals surface area (Å²) in [6.45, 7) is 2.69. The summed E-state index contributed by atoms with van der Waals surface area (Å²) in [4.78, 5) is 1.25. The molecule has 1 rings (SSSR count). The van der Waals surface area contributed by atoms with Crippen LogP contribution in [0, 0.1) is 0 Å². The van der Waals surface area contributed by atoms with Gasteiger partial charge in [0, 0.05) is 27.9 Å². The predicted octanol–water partition coefficient (Wildman–Crippen LogP) is 2.17. The van der Waals surface area contributed by atoms with Gasteiger partial charge >= 0.3 is 0 Å². The first kappa shape index (κ1) is 13.1. The van der Waals surface area contributed by atoms with Crippen LogP contribution in [0.5, 0.6) is 0 Å². The van der Waals surface area contributed by atoms with Crippen molar-refractivity contribution >= 4 is 27.3 Å². The van der Waals surface area contributed by atoms with Gasteiger partial charge in [-0.1, -0.05) is 0 Å². The lowest BCUT2D eigenvalue weighted by Gasteiger charge is -2.20. The number of hydrogen-bond donors (Lipinski definition) is 2. The van der Waals surface area contributed by atoms with Crippen molar-refractivity contribution in [3.8, 4) is 0 Å². The maximum absolute atomic E-state index is 9.11. The molecule has 1 heterocycles. The second-order valence-electron chi connectivity index (χ2n) is 3.39. The Morgan fingerprint density at radius 2 is 2.40 bits per heavy atom. The van der Waals surface area contributed by atoms with E-state index in [2.05, 4.69) is 39.6 Å². The van der Waals surface area contributed by atoms with Crippen LogP contribution in [0.3, 0.4) is 0 Å². The normalized spacial score (nSPS) is 15.2. The number of nitrogens with one attached hydrogen (secondary N) is 1. The highest BCUT2D eigenvalue weighted by atomic mass is 79.9. The van der Waals surface area contributed by atoms with Crippen LogP contribution in [0.1, 0.15) is 17.8 Å². The molecule has 0 bridgehead atoms. The standard InChI is InChI=1S/C10H16BrNO2S/c1-7(10-3-8(11)6-15-10)12-9(4-13)5-14-2/h3,6-7,9,12-13H,4-5H2,1-2H3. The van der Waals surface area contributed by atoms with Crippen molar-refractivity contribution < 1.29 is 9.84 Å². The monoisotopic (exact) mass is 293 g/mol. The SMILES string of the molecule is COCC(CO)NC(C)c1cc(Br)cs1. The second-order valence-corrected chi connectivity index (χ2v) is 5.25. The molecule has 15 heavy (non-hydrogen) atoms. The summed E-state index contributed by atoms with van der Waals surface area (Å²) in [7, 11) is 1.64. The van der Waals surface area contributed by atoms with Gasteiger partial charge in [-0.05, 0) is 28.9 Å². The van der Waals surface area contributed by atoms with Crippen LogP contribution in [0.4, 0.5) is 0 Å². The average Bonchev–Trinajstić information content (AvgIpc) is 2.64. The van der Waals surface area contributed by atoms with Crippen LogP contribution in [-0.4, -0.2) is 31.5 Å². The molecular formula is C10H16BrNO2S. The number of hydrogen-bond acceptors (Lipinski definition) is 4. The Kier molecular flexibility index (Phi) is 5.78. The van der Waals surface area contributed by atoms with Gasteiger partial charge in [0.05, 0.1) is 19.3 Å². The van der Waals surface area contributed by atoms with Gasteiger partial charge < -0.3 is 15.2 Å². The van der Waals surface area contributed by atoms with E-state index in [1.807, 2.05) is 0 Å². The first-order valence-electron chi connectivity index (χ1n) is 4.77. The highest BCUT2D eigenvalue weighted by molar-refractivity contribution is 9.10. The predicted molar refractivity (Wildman–Crippen MR) is 66.3 cm³/mol. The molecule has 86 valence electrons. The van der Waals surface area contributed by atoms with Gasteiger partial charge in [0.25, 0.3) is 0 Å². The smallest absolute Gasteiger partial charge is 0.0638 e. The van der Waals surface area contributed by atoms with Crippen LogP contribution in [0.25, 0.3) is 0 Å². The van der Waals surface area contributed by atoms with Crippen LogP contribution < -0.4 is 5.32 Å². The van der Waals surface area contributed by atoms with E-state index in [0.717, 1.165) is 4.47 Å². The van der Waals surface area contributed by atoms with Gasteiger partial charge in [0.2, 0.25) is 0 Å². The summed E-state index contributed by atoms with van der Waals surface area (Å²) in [5.41, 5.74) is 0. The molecule has 2 unspecified atom stereocenters. The Bertz CT molecular complexity index is 293. The number of halogens is 1. The van der Waals surface area contributed by atoms with Crippen molar-refractivity contribution in [1.82, 2.24) is 5.32 Å². The Hall–Kier alpha value is 0.0600. The fraction of sp³-hybridized carbons (Fsp3) is 0.600. The number of rotatable bonds is 6. The van der Waals surface area contributed by atoms with Crippen molar-refractivity contribution in [2.24, 2.45) is 0 Å². The molecule has 2 N–H and O–H groups in total. The lowest BCUT2D eigenvalue weighted by Crippen LogP contribution is -2.37. The van der Waals surface area contributed by atoms with Crippen LogP contribution in [0.2, 0.25) is 0 Å². The van der Waals surface area contributed by atoms with E-state index in [1.165, 1.54) is 4.88 Å². The maximum Gasteiger partial charge on any atom is 0.0638 e. The van der Waals surface area contributed by atoms with Gasteiger partial charge in [-0.25, -0.2) is 0 Å². The summed E-state index contributed by atoms with van der Waals surface area (Å²) in [5.74, 6) is 0. The zero-order valence-electron chi connectivity index (χ0n) is 8.87. The third-order valence-electron chi connectivity index (χ3n) is 2.09. The van der Waals surface area contributed by atoms with Crippen LogP contribution in [-0.2, 0) is 4.74 Å². The van der Waals surface area contributed by atoms with Gasteiger partial charge in [-0.2, -0.15) is 0 Å². The van der Waals surface area contributed by atoms with E-state index in [-0.39, 0.29) is 18.7 Å². The summed E-state index contributed by atoms with van der Waals surface area (Å²) >= 11 is 5.12. The minimum Gasteiger partial charge on any atom is -0.395 e. The van der Waals surface area contributed by atoms with Gasteiger partial charge in [-0.3, -0.25) is 0 Å². The van der Waals surface area contributed by atoms with Crippen molar-refractivity contribution in [2.45, 2.75) is 19.0 Å². The highest BCUT2D eigenvalue weighted by Gasteiger charge is 2.13. The molecule has 1 aromatic heterocycles. The van der Waals surface area contributed by atoms with Gasteiger partial charge in [-0.15, -0.1) is 11.3 Å². The molecule has 1 aromatic rings. The quantitative estimate of drug-likeness (QED) is 0.845. The number of methoxy groups -OCH3 is 1.